The fraction of sp³-hybridized carbons (Fsp3) is 0.889. The van der Waals surface area contributed by atoms with E-state index in [1.165, 1.54) is 0 Å². The lowest BCUT2D eigenvalue weighted by atomic mass is 10.2. The van der Waals surface area contributed by atoms with E-state index in [4.69, 9.17) is 18.9 Å². The largest absolute Gasteiger partial charge is 0.454 e. The molecule has 3 heterocycles. The van der Waals surface area contributed by atoms with E-state index in [-0.39, 0.29) is 0 Å². The summed E-state index contributed by atoms with van der Waals surface area (Å²) in [6.07, 6.45) is -3.44. The van der Waals surface area contributed by atoms with Gasteiger partial charge in [-0.2, -0.15) is 0 Å². The maximum atomic E-state index is 11.1. The highest BCUT2D eigenvalue weighted by Gasteiger charge is 2.62. The number of fused-ring (bicyclic) bond motifs is 3. The fourth-order valence-electron chi connectivity index (χ4n) is 2.23. The van der Waals surface area contributed by atoms with Crippen molar-refractivity contribution in [2.24, 2.45) is 0 Å². The van der Waals surface area contributed by atoms with Gasteiger partial charge in [-0.25, -0.2) is 4.79 Å². The van der Waals surface area contributed by atoms with Crippen LogP contribution in [0.3, 0.4) is 0 Å². The molecular formula is C9H12O6. The summed E-state index contributed by atoms with van der Waals surface area (Å²) in [5.74, 6) is -1.39. The van der Waals surface area contributed by atoms with Crippen LogP contribution in [0.1, 0.15) is 13.8 Å². The zero-order chi connectivity index (χ0) is 10.8. The van der Waals surface area contributed by atoms with Crippen molar-refractivity contribution in [1.82, 2.24) is 0 Å². The van der Waals surface area contributed by atoms with Crippen LogP contribution in [-0.4, -0.2) is 47.6 Å². The molecule has 0 aliphatic carbocycles. The van der Waals surface area contributed by atoms with Crippen molar-refractivity contribution in [3.8, 4) is 0 Å². The molecular weight excluding hydrogens is 206 g/mol. The van der Waals surface area contributed by atoms with E-state index >= 15 is 0 Å². The van der Waals surface area contributed by atoms with Crippen molar-refractivity contribution >= 4 is 5.97 Å². The number of aliphatic hydroxyl groups is 1. The molecule has 3 aliphatic rings. The maximum absolute atomic E-state index is 11.1. The van der Waals surface area contributed by atoms with Crippen LogP contribution in [0.5, 0.6) is 0 Å². The molecule has 6 nitrogen and oxygen atoms in total. The normalized spacial score (nSPS) is 51.4. The minimum atomic E-state index is -1.23. The van der Waals surface area contributed by atoms with Gasteiger partial charge < -0.3 is 24.1 Å². The van der Waals surface area contributed by atoms with Crippen LogP contribution < -0.4 is 0 Å². The Morgan fingerprint density at radius 1 is 1.20 bits per heavy atom. The summed E-state index contributed by atoms with van der Waals surface area (Å²) in [7, 11) is 0. The maximum Gasteiger partial charge on any atom is 0.338 e. The molecule has 0 unspecified atom stereocenters. The second-order valence-electron chi connectivity index (χ2n) is 4.42. The highest BCUT2D eigenvalue weighted by Crippen LogP contribution is 2.42. The van der Waals surface area contributed by atoms with Crippen LogP contribution in [0.4, 0.5) is 0 Å². The lowest BCUT2D eigenvalue weighted by Gasteiger charge is -2.20. The third-order valence-corrected chi connectivity index (χ3v) is 2.83. The highest BCUT2D eigenvalue weighted by molar-refractivity contribution is 5.78. The van der Waals surface area contributed by atoms with Crippen molar-refractivity contribution in [3.63, 3.8) is 0 Å². The molecule has 1 N–H and O–H groups in total. The zero-order valence-electron chi connectivity index (χ0n) is 8.38. The molecule has 3 saturated heterocycles. The number of rotatable bonds is 0. The number of esters is 1. The molecule has 15 heavy (non-hydrogen) atoms. The summed E-state index contributed by atoms with van der Waals surface area (Å²) in [4.78, 5) is 11.1. The van der Waals surface area contributed by atoms with Gasteiger partial charge in [-0.3, -0.25) is 0 Å². The van der Waals surface area contributed by atoms with E-state index in [0.29, 0.717) is 0 Å². The van der Waals surface area contributed by atoms with Crippen molar-refractivity contribution in [2.75, 3.05) is 0 Å². The number of carbonyl (C=O) groups is 1. The average Bonchev–Trinajstić information content (AvgIpc) is 2.66. The second kappa shape index (κ2) is 2.70. The molecule has 84 valence electrons. The van der Waals surface area contributed by atoms with Crippen LogP contribution >= 0.6 is 0 Å². The molecule has 0 radical (unpaired) electrons. The van der Waals surface area contributed by atoms with Crippen LogP contribution in [0.25, 0.3) is 0 Å². The summed E-state index contributed by atoms with van der Waals surface area (Å²) in [5.41, 5.74) is 0. The standard InChI is InChI=1S/C9H12O6/c1-9(2)14-6-5-4(13-8(6)15-9)3(10)7(11)12-5/h3-6,8,10H,1-2H3/t3-,4-,5+,6-,8-/m1/s1/i7+1,8+1. The Kier molecular flexibility index (Phi) is 1.72. The topological polar surface area (TPSA) is 74.2 Å². The number of ether oxygens (including phenoxy) is 4. The summed E-state index contributed by atoms with van der Waals surface area (Å²) < 4.78 is 21.4. The lowest BCUT2D eigenvalue weighted by molar-refractivity contribution is -0.214. The molecule has 6 heteroatoms. The minimum Gasteiger partial charge on any atom is -0.454 e. The van der Waals surface area contributed by atoms with E-state index in [1.54, 1.807) is 13.8 Å². The molecule has 5 atom stereocenters. The minimum absolute atomic E-state index is 0.439. The number of aliphatic hydroxyl groups excluding tert-OH is 1. The molecule has 3 aliphatic heterocycles. The monoisotopic (exact) mass is 218 g/mol. The molecule has 0 aromatic heterocycles. The van der Waals surface area contributed by atoms with Crippen molar-refractivity contribution in [3.05, 3.63) is 0 Å². The fourth-order valence-corrected chi connectivity index (χ4v) is 2.23. The van der Waals surface area contributed by atoms with E-state index in [2.05, 4.69) is 0 Å². The van der Waals surface area contributed by atoms with Crippen molar-refractivity contribution in [1.29, 1.82) is 0 Å². The first-order chi connectivity index (χ1) is 6.98. The Labute approximate surface area is 86.1 Å². The van der Waals surface area contributed by atoms with Crippen LogP contribution in [0, 0.1) is 0 Å². The van der Waals surface area contributed by atoms with Gasteiger partial charge in [0.2, 0.25) is 0 Å². The SMILES string of the molecule is CC1(C)O[C@@H]2[C@H]3O[13C](=O)[C@H](O)[C@H]3O[13C@@H]2O1. The third-order valence-electron chi connectivity index (χ3n) is 2.83. The van der Waals surface area contributed by atoms with Crippen LogP contribution in [-0.2, 0) is 23.7 Å². The molecule has 3 fully saturated rings. The van der Waals surface area contributed by atoms with Crippen molar-refractivity contribution in [2.45, 2.75) is 50.3 Å². The van der Waals surface area contributed by atoms with E-state index in [9.17, 15) is 9.90 Å². The first kappa shape index (κ1) is 9.53. The Morgan fingerprint density at radius 2 is 1.93 bits per heavy atom. The third kappa shape index (κ3) is 1.22. The van der Waals surface area contributed by atoms with Gasteiger partial charge in [-0.05, 0) is 13.8 Å². The van der Waals surface area contributed by atoms with Gasteiger partial charge in [0, 0.05) is 0 Å². The lowest BCUT2D eigenvalue weighted by Crippen LogP contribution is -2.35. The van der Waals surface area contributed by atoms with Gasteiger partial charge in [0.1, 0.15) is 6.10 Å². The van der Waals surface area contributed by atoms with E-state index in [0.717, 1.165) is 0 Å². The van der Waals surface area contributed by atoms with Gasteiger partial charge in [-0.1, -0.05) is 0 Å². The summed E-state index contributed by atoms with van der Waals surface area (Å²) in [6.45, 7) is 3.52. The Bertz CT molecular complexity index is 314. The van der Waals surface area contributed by atoms with Crippen LogP contribution in [0.2, 0.25) is 0 Å². The molecule has 3 rings (SSSR count). The Balaban J connectivity index is 1.83. The van der Waals surface area contributed by atoms with Gasteiger partial charge in [0.15, 0.2) is 30.4 Å². The zero-order valence-corrected chi connectivity index (χ0v) is 8.38. The predicted octanol–water partition coefficient (Wildman–Crippen LogP) is -0.851. The van der Waals surface area contributed by atoms with E-state index in [1.807, 2.05) is 0 Å². The summed E-state index contributed by atoms with van der Waals surface area (Å²) in [5, 5.41) is 9.44. The summed E-state index contributed by atoms with van der Waals surface area (Å²) in [6, 6.07) is 0. The molecule has 0 aromatic rings. The first-order valence-corrected chi connectivity index (χ1v) is 4.88. The smallest absolute Gasteiger partial charge is 0.338 e. The number of hydrogen-bond acceptors (Lipinski definition) is 6. The van der Waals surface area contributed by atoms with Gasteiger partial charge in [-0.15, -0.1) is 0 Å². The Morgan fingerprint density at radius 3 is 2.67 bits per heavy atom. The molecule has 0 saturated carbocycles. The first-order valence-electron chi connectivity index (χ1n) is 4.88. The molecule has 0 aromatic carbocycles. The molecule has 0 bridgehead atoms. The quantitative estimate of drug-likeness (QED) is 0.421. The van der Waals surface area contributed by atoms with Gasteiger partial charge in [0.25, 0.3) is 0 Å². The van der Waals surface area contributed by atoms with Crippen LogP contribution in [0.15, 0.2) is 0 Å². The van der Waals surface area contributed by atoms with Gasteiger partial charge >= 0.3 is 5.97 Å². The predicted molar refractivity (Wildman–Crippen MR) is 44.6 cm³/mol. The highest BCUT2D eigenvalue weighted by atomic mass is 16.9. The number of carbonyl (C=O) groups excluding carboxylic acids is 1. The number of hydrogen-bond donors (Lipinski definition) is 1. The second-order valence-corrected chi connectivity index (χ2v) is 4.42. The Hall–Kier alpha value is -0.690. The molecule has 0 spiro atoms. The molecule has 0 amide bonds. The average molecular weight is 218 g/mol. The van der Waals surface area contributed by atoms with Crippen molar-refractivity contribution < 1.29 is 28.8 Å². The van der Waals surface area contributed by atoms with E-state index < -0.39 is 42.5 Å². The van der Waals surface area contributed by atoms with Gasteiger partial charge in [0.05, 0.1) is 0 Å². The summed E-state index contributed by atoms with van der Waals surface area (Å²) >= 11 is 0.